The van der Waals surface area contributed by atoms with E-state index in [0.717, 1.165) is 0 Å². The van der Waals surface area contributed by atoms with Gasteiger partial charge in [0.15, 0.2) is 24.4 Å². The highest BCUT2D eigenvalue weighted by Crippen LogP contribution is 2.27. The topological polar surface area (TPSA) is 157 Å². The van der Waals surface area contributed by atoms with E-state index in [9.17, 15) is 24.0 Å². The summed E-state index contributed by atoms with van der Waals surface area (Å²) < 4.78 is 30.2. The standard InChI is InChI=1S/C27H32ClNO11/c1-7-35-23(30)15(3)37-24(31)16(4)38-25(32)17(5)39-26(33)18(6)40-27(34)20-11-14(2)21(28)12-22(20)29-13-19-9-8-10-36-19/h8-12,15-18,29H,7,13H2,1-6H3/t15-,16-,17-,18-/m0/s1. The van der Waals surface area contributed by atoms with E-state index in [1.807, 2.05) is 0 Å². The predicted octanol–water partition coefficient (Wildman–Crippen LogP) is 3.76. The number of anilines is 1. The molecule has 0 saturated heterocycles. The van der Waals surface area contributed by atoms with Crippen LogP contribution in [0, 0.1) is 6.92 Å². The van der Waals surface area contributed by atoms with Gasteiger partial charge in [0.25, 0.3) is 0 Å². The molecule has 0 aliphatic rings. The van der Waals surface area contributed by atoms with Crippen molar-refractivity contribution in [2.24, 2.45) is 0 Å². The Morgan fingerprint density at radius 2 is 1.38 bits per heavy atom. The first kappa shape index (κ1) is 32.2. The van der Waals surface area contributed by atoms with Crippen molar-refractivity contribution in [1.82, 2.24) is 0 Å². The summed E-state index contributed by atoms with van der Waals surface area (Å²) in [5, 5.41) is 3.45. The molecule has 0 bridgehead atoms. The number of hydrogen-bond donors (Lipinski definition) is 1. The number of nitrogens with one attached hydrogen (secondary N) is 1. The molecule has 218 valence electrons. The minimum Gasteiger partial charge on any atom is -0.467 e. The second kappa shape index (κ2) is 14.9. The summed E-state index contributed by atoms with van der Waals surface area (Å²) in [5.74, 6) is -4.06. The monoisotopic (exact) mass is 581 g/mol. The van der Waals surface area contributed by atoms with Crippen molar-refractivity contribution in [2.45, 2.75) is 72.5 Å². The molecule has 12 nitrogen and oxygen atoms in total. The maximum Gasteiger partial charge on any atom is 0.348 e. The smallest absolute Gasteiger partial charge is 0.348 e. The number of ether oxygens (including phenoxy) is 5. The van der Waals surface area contributed by atoms with Crippen LogP contribution >= 0.6 is 11.6 Å². The lowest BCUT2D eigenvalue weighted by atomic mass is 10.1. The molecule has 0 aliphatic carbocycles. The van der Waals surface area contributed by atoms with Crippen LogP contribution in [0.3, 0.4) is 0 Å². The second-order valence-corrected chi connectivity index (χ2v) is 9.02. The fraction of sp³-hybridized carbons (Fsp3) is 0.444. The van der Waals surface area contributed by atoms with Crippen molar-refractivity contribution >= 4 is 47.1 Å². The van der Waals surface area contributed by atoms with Crippen LogP contribution < -0.4 is 5.32 Å². The molecule has 13 heteroatoms. The van der Waals surface area contributed by atoms with Gasteiger partial charge in [-0.2, -0.15) is 0 Å². The zero-order chi connectivity index (χ0) is 30.0. The largest absolute Gasteiger partial charge is 0.467 e. The number of rotatable bonds is 13. The average molecular weight is 582 g/mol. The molecule has 0 unspecified atom stereocenters. The number of furan rings is 1. The lowest BCUT2D eigenvalue weighted by molar-refractivity contribution is -0.183. The molecule has 1 heterocycles. The molecule has 0 aliphatic heterocycles. The fourth-order valence-electron chi connectivity index (χ4n) is 3.08. The molecule has 0 amide bonds. The summed E-state index contributed by atoms with van der Waals surface area (Å²) in [6, 6.07) is 6.53. The number of hydrogen-bond acceptors (Lipinski definition) is 12. The summed E-state index contributed by atoms with van der Waals surface area (Å²) in [6.07, 6.45) is -3.94. The molecule has 2 aromatic rings. The molecule has 1 aromatic heterocycles. The van der Waals surface area contributed by atoms with E-state index in [1.165, 1.54) is 40.0 Å². The highest BCUT2D eigenvalue weighted by Gasteiger charge is 2.30. The molecule has 0 saturated carbocycles. The van der Waals surface area contributed by atoms with E-state index in [-0.39, 0.29) is 18.7 Å². The fourth-order valence-corrected chi connectivity index (χ4v) is 3.24. The first-order valence-corrected chi connectivity index (χ1v) is 12.8. The van der Waals surface area contributed by atoms with E-state index < -0.39 is 54.3 Å². The number of carbonyl (C=O) groups excluding carboxylic acids is 5. The maximum absolute atomic E-state index is 12.9. The van der Waals surface area contributed by atoms with Gasteiger partial charge in [-0.05, 0) is 71.4 Å². The SMILES string of the molecule is CCOC(=O)[C@H](C)OC(=O)[C@H](C)OC(=O)[C@H](C)OC(=O)[C@H](C)OC(=O)c1cc(C)c(Cl)cc1NCc1ccco1. The van der Waals surface area contributed by atoms with Gasteiger partial charge in [-0.1, -0.05) is 11.6 Å². The van der Waals surface area contributed by atoms with Crippen LogP contribution in [0.5, 0.6) is 0 Å². The molecule has 0 radical (unpaired) electrons. The van der Waals surface area contributed by atoms with Crippen LogP contribution in [0.2, 0.25) is 5.02 Å². The van der Waals surface area contributed by atoms with Crippen LogP contribution in [-0.2, 0) is 49.4 Å². The van der Waals surface area contributed by atoms with Crippen molar-refractivity contribution in [3.63, 3.8) is 0 Å². The first-order valence-electron chi connectivity index (χ1n) is 12.4. The summed E-state index contributed by atoms with van der Waals surface area (Å²) in [6.45, 7) is 8.68. The van der Waals surface area contributed by atoms with Crippen LogP contribution in [0.15, 0.2) is 34.9 Å². The Bertz CT molecular complexity index is 1210. The number of carbonyl (C=O) groups is 5. The summed E-state index contributed by atoms with van der Waals surface area (Å²) in [4.78, 5) is 61.5. The highest BCUT2D eigenvalue weighted by atomic mass is 35.5. The Morgan fingerprint density at radius 1 is 0.850 bits per heavy atom. The third-order valence-corrected chi connectivity index (χ3v) is 5.74. The molecule has 1 aromatic carbocycles. The zero-order valence-corrected chi connectivity index (χ0v) is 23.7. The van der Waals surface area contributed by atoms with E-state index in [0.29, 0.717) is 22.0 Å². The van der Waals surface area contributed by atoms with Gasteiger partial charge in [-0.15, -0.1) is 0 Å². The van der Waals surface area contributed by atoms with Crippen molar-refractivity contribution in [1.29, 1.82) is 0 Å². The Balaban J connectivity index is 1.94. The van der Waals surface area contributed by atoms with Gasteiger partial charge in [0.05, 0.1) is 30.7 Å². The second-order valence-electron chi connectivity index (χ2n) is 8.62. The van der Waals surface area contributed by atoms with Crippen LogP contribution in [0.1, 0.15) is 56.3 Å². The van der Waals surface area contributed by atoms with E-state index >= 15 is 0 Å². The Hall–Kier alpha value is -4.06. The van der Waals surface area contributed by atoms with Gasteiger partial charge in [0.1, 0.15) is 5.76 Å². The number of aryl methyl sites for hydroxylation is 1. The lowest BCUT2D eigenvalue weighted by Crippen LogP contribution is -2.37. The van der Waals surface area contributed by atoms with Crippen LogP contribution in [0.25, 0.3) is 0 Å². The molecule has 0 fully saturated rings. The van der Waals surface area contributed by atoms with E-state index in [1.54, 1.807) is 32.0 Å². The number of benzene rings is 1. The molecule has 2 rings (SSSR count). The Labute approximate surface area is 236 Å². The van der Waals surface area contributed by atoms with Crippen LogP contribution in [0.4, 0.5) is 5.69 Å². The third-order valence-electron chi connectivity index (χ3n) is 5.33. The molecule has 4 atom stereocenters. The highest BCUT2D eigenvalue weighted by molar-refractivity contribution is 6.31. The van der Waals surface area contributed by atoms with Gasteiger partial charge in [-0.25, -0.2) is 24.0 Å². The third kappa shape index (κ3) is 9.30. The molecule has 40 heavy (non-hydrogen) atoms. The molecule has 0 spiro atoms. The van der Waals surface area contributed by atoms with Crippen LogP contribution in [-0.4, -0.2) is 60.9 Å². The first-order chi connectivity index (χ1) is 18.8. The van der Waals surface area contributed by atoms with Gasteiger partial charge < -0.3 is 33.4 Å². The zero-order valence-electron chi connectivity index (χ0n) is 23.0. The normalized spacial score (nSPS) is 13.7. The van der Waals surface area contributed by atoms with E-state index in [4.69, 9.17) is 39.7 Å². The number of halogens is 1. The summed E-state index contributed by atoms with van der Waals surface area (Å²) in [7, 11) is 0. The van der Waals surface area contributed by atoms with Crippen molar-refractivity contribution < 1.29 is 52.1 Å². The summed E-state index contributed by atoms with van der Waals surface area (Å²) >= 11 is 6.22. The van der Waals surface area contributed by atoms with Gasteiger partial charge in [-0.3, -0.25) is 0 Å². The minimum absolute atomic E-state index is 0.102. The average Bonchev–Trinajstić information content (AvgIpc) is 3.42. The quantitative estimate of drug-likeness (QED) is 0.270. The van der Waals surface area contributed by atoms with Gasteiger partial charge in [0, 0.05) is 5.02 Å². The minimum atomic E-state index is -1.45. The van der Waals surface area contributed by atoms with E-state index in [2.05, 4.69) is 5.32 Å². The molecular weight excluding hydrogens is 550 g/mol. The lowest BCUT2D eigenvalue weighted by Gasteiger charge is -2.20. The Kier molecular flexibility index (Phi) is 12.0. The number of esters is 5. The Morgan fingerprint density at radius 3 is 1.88 bits per heavy atom. The maximum atomic E-state index is 12.9. The van der Waals surface area contributed by atoms with Gasteiger partial charge >= 0.3 is 29.8 Å². The van der Waals surface area contributed by atoms with Crippen molar-refractivity contribution in [3.05, 3.63) is 52.4 Å². The predicted molar refractivity (Wildman–Crippen MR) is 140 cm³/mol. The molecular formula is C27H32ClNO11. The molecule has 1 N–H and O–H groups in total. The van der Waals surface area contributed by atoms with Crippen molar-refractivity contribution in [3.8, 4) is 0 Å². The van der Waals surface area contributed by atoms with Crippen molar-refractivity contribution in [2.75, 3.05) is 11.9 Å². The van der Waals surface area contributed by atoms with Gasteiger partial charge in [0.2, 0.25) is 0 Å². The summed E-state index contributed by atoms with van der Waals surface area (Å²) in [5.41, 5.74) is 1.07.